The maximum Gasteiger partial charge on any atom is 0.418 e. The summed E-state index contributed by atoms with van der Waals surface area (Å²) in [7, 11) is 0. The number of nitrogens with one attached hydrogen (secondary N) is 1. The fraction of sp³-hybridized carbons (Fsp3) is 0.250. The zero-order valence-electron chi connectivity index (χ0n) is 9.31. The zero-order chi connectivity index (χ0) is 11.5. The van der Waals surface area contributed by atoms with Crippen LogP contribution >= 0.6 is 0 Å². The monoisotopic (exact) mass is 218 g/mol. The molecule has 0 fully saturated rings. The average molecular weight is 218 g/mol. The smallest absolute Gasteiger partial charge is 0.418 e. The molecule has 0 aliphatic carbocycles. The van der Waals surface area contributed by atoms with E-state index in [0.717, 1.165) is 11.4 Å². The lowest BCUT2D eigenvalue weighted by atomic mass is 10.2. The summed E-state index contributed by atoms with van der Waals surface area (Å²) in [6, 6.07) is 7.58. The molecule has 1 aliphatic rings. The second-order valence-corrected chi connectivity index (χ2v) is 3.78. The number of fused-ring (bicyclic) bond motifs is 1. The van der Waals surface area contributed by atoms with Gasteiger partial charge in [-0.3, -0.25) is 0 Å². The van der Waals surface area contributed by atoms with Crippen molar-refractivity contribution in [1.29, 1.82) is 0 Å². The predicted molar refractivity (Wildman–Crippen MR) is 63.3 cm³/mol. The Hall–Kier alpha value is -1.97. The van der Waals surface area contributed by atoms with Gasteiger partial charge in [-0.15, -0.1) is 0 Å². The first-order chi connectivity index (χ1) is 7.68. The van der Waals surface area contributed by atoms with Crippen LogP contribution < -0.4 is 10.2 Å². The Kier molecular flexibility index (Phi) is 2.81. The van der Waals surface area contributed by atoms with E-state index in [9.17, 15) is 4.79 Å². The molecule has 1 amide bonds. The second kappa shape index (κ2) is 4.26. The van der Waals surface area contributed by atoms with Gasteiger partial charge in [-0.05, 0) is 26.0 Å². The Morgan fingerprint density at radius 3 is 2.88 bits per heavy atom. The van der Waals surface area contributed by atoms with Crippen LogP contribution in [0.15, 0.2) is 36.7 Å². The summed E-state index contributed by atoms with van der Waals surface area (Å²) >= 11 is 0. The molecule has 2 rings (SSSR count). The first kappa shape index (κ1) is 10.5. The molecule has 0 aromatic heterocycles. The summed E-state index contributed by atoms with van der Waals surface area (Å²) in [5, 5.41) is 3.07. The molecule has 0 unspecified atom stereocenters. The average Bonchev–Trinajstić information content (AvgIpc) is 2.27. The maximum absolute atomic E-state index is 11.8. The molecule has 0 saturated carbocycles. The molecule has 1 aromatic carbocycles. The van der Waals surface area contributed by atoms with Gasteiger partial charge in [0.05, 0.1) is 17.5 Å². The molecule has 1 aliphatic heterocycles. The summed E-state index contributed by atoms with van der Waals surface area (Å²) in [4.78, 5) is 13.3. The van der Waals surface area contributed by atoms with Gasteiger partial charge in [0.2, 0.25) is 0 Å². The summed E-state index contributed by atoms with van der Waals surface area (Å²) < 4.78 is 5.15. The molecule has 0 spiro atoms. The number of amides is 1. The summed E-state index contributed by atoms with van der Waals surface area (Å²) in [6.45, 7) is 3.66. The largest absolute Gasteiger partial charge is 0.446 e. The van der Waals surface area contributed by atoms with Crippen LogP contribution in [0.1, 0.15) is 13.8 Å². The number of nitrogens with zero attached hydrogens (tertiary/aromatic N) is 1. The quantitative estimate of drug-likeness (QED) is 0.788. The van der Waals surface area contributed by atoms with Crippen molar-refractivity contribution in [3.05, 3.63) is 36.7 Å². The summed E-state index contributed by atoms with van der Waals surface area (Å²) in [5.41, 5.74) is 1.70. The lowest BCUT2D eigenvalue weighted by Gasteiger charge is -2.25. The predicted octanol–water partition coefficient (Wildman–Crippen LogP) is 2.93. The van der Waals surface area contributed by atoms with E-state index in [1.807, 2.05) is 38.1 Å². The number of ether oxygens (including phenoxy) is 1. The van der Waals surface area contributed by atoms with E-state index in [-0.39, 0.29) is 12.2 Å². The van der Waals surface area contributed by atoms with Crippen molar-refractivity contribution < 1.29 is 9.53 Å². The second-order valence-electron chi connectivity index (χ2n) is 3.78. The molecular formula is C12H14N2O2. The minimum absolute atomic E-state index is 0.122. The van der Waals surface area contributed by atoms with Crippen molar-refractivity contribution >= 4 is 17.5 Å². The van der Waals surface area contributed by atoms with Gasteiger partial charge < -0.3 is 10.1 Å². The van der Waals surface area contributed by atoms with Crippen LogP contribution in [0.3, 0.4) is 0 Å². The molecule has 0 atom stereocenters. The topological polar surface area (TPSA) is 41.6 Å². The van der Waals surface area contributed by atoms with E-state index >= 15 is 0 Å². The summed E-state index contributed by atoms with van der Waals surface area (Å²) in [5.74, 6) is 0. The molecule has 1 heterocycles. The van der Waals surface area contributed by atoms with Gasteiger partial charge in [-0.2, -0.15) is 0 Å². The van der Waals surface area contributed by atoms with E-state index in [2.05, 4.69) is 5.32 Å². The summed E-state index contributed by atoms with van der Waals surface area (Å²) in [6.07, 6.45) is 2.89. The normalized spacial score (nSPS) is 13.3. The van der Waals surface area contributed by atoms with Crippen LogP contribution in [0.4, 0.5) is 16.2 Å². The number of carbonyl (C=O) groups excluding carboxylic acids is 1. The number of para-hydroxylation sites is 2. The third-order valence-electron chi connectivity index (χ3n) is 2.16. The molecular weight excluding hydrogens is 204 g/mol. The molecule has 0 saturated heterocycles. The first-order valence-electron chi connectivity index (χ1n) is 5.20. The third kappa shape index (κ3) is 2.00. The van der Waals surface area contributed by atoms with Gasteiger partial charge in [0.1, 0.15) is 0 Å². The Morgan fingerprint density at radius 1 is 1.38 bits per heavy atom. The minimum atomic E-state index is -0.361. The van der Waals surface area contributed by atoms with Crippen LogP contribution in [0.25, 0.3) is 0 Å². The lowest BCUT2D eigenvalue weighted by Crippen LogP contribution is -2.30. The number of hydrogen-bond acceptors (Lipinski definition) is 3. The third-order valence-corrected chi connectivity index (χ3v) is 2.16. The van der Waals surface area contributed by atoms with Crippen LogP contribution in [0, 0.1) is 0 Å². The van der Waals surface area contributed by atoms with Crippen LogP contribution in [0.5, 0.6) is 0 Å². The van der Waals surface area contributed by atoms with E-state index in [1.54, 1.807) is 12.4 Å². The van der Waals surface area contributed by atoms with Crippen LogP contribution in [0.2, 0.25) is 0 Å². The number of anilines is 2. The van der Waals surface area contributed by atoms with Gasteiger partial charge >= 0.3 is 6.09 Å². The highest BCUT2D eigenvalue weighted by molar-refractivity contribution is 5.95. The SMILES string of the molecule is CC(C)OC(=O)N1C=CNc2ccccc21. The number of rotatable bonds is 1. The highest BCUT2D eigenvalue weighted by atomic mass is 16.6. The molecule has 84 valence electrons. The number of hydrogen-bond donors (Lipinski definition) is 1. The standard InChI is InChI=1S/C12H14N2O2/c1-9(2)16-12(15)14-8-7-13-10-5-3-4-6-11(10)14/h3-9,13H,1-2H3. The highest BCUT2D eigenvalue weighted by Gasteiger charge is 2.20. The Labute approximate surface area is 94.5 Å². The van der Waals surface area contributed by atoms with Crippen molar-refractivity contribution in [2.75, 3.05) is 10.2 Å². The van der Waals surface area contributed by atoms with E-state index in [1.165, 1.54) is 4.90 Å². The van der Waals surface area contributed by atoms with Crippen molar-refractivity contribution in [3.63, 3.8) is 0 Å². The molecule has 0 bridgehead atoms. The van der Waals surface area contributed by atoms with Gasteiger partial charge in [-0.25, -0.2) is 9.69 Å². The molecule has 4 heteroatoms. The fourth-order valence-electron chi connectivity index (χ4n) is 1.51. The zero-order valence-corrected chi connectivity index (χ0v) is 9.31. The lowest BCUT2D eigenvalue weighted by molar-refractivity contribution is 0.125. The first-order valence-corrected chi connectivity index (χ1v) is 5.20. The Bertz CT molecular complexity index is 427. The molecule has 1 N–H and O–H groups in total. The van der Waals surface area contributed by atoms with Crippen molar-refractivity contribution in [2.24, 2.45) is 0 Å². The minimum Gasteiger partial charge on any atom is -0.446 e. The van der Waals surface area contributed by atoms with Crippen molar-refractivity contribution in [1.82, 2.24) is 0 Å². The van der Waals surface area contributed by atoms with Gasteiger partial charge in [0.15, 0.2) is 0 Å². The number of benzene rings is 1. The Balaban J connectivity index is 2.25. The number of carbonyl (C=O) groups is 1. The molecule has 0 radical (unpaired) electrons. The van der Waals surface area contributed by atoms with Gasteiger partial charge in [-0.1, -0.05) is 12.1 Å². The van der Waals surface area contributed by atoms with Gasteiger partial charge in [0.25, 0.3) is 0 Å². The van der Waals surface area contributed by atoms with Crippen LogP contribution in [-0.2, 0) is 4.74 Å². The Morgan fingerprint density at radius 2 is 2.12 bits per heavy atom. The van der Waals surface area contributed by atoms with E-state index in [0.29, 0.717) is 0 Å². The van der Waals surface area contributed by atoms with Crippen molar-refractivity contribution in [3.8, 4) is 0 Å². The van der Waals surface area contributed by atoms with Gasteiger partial charge in [0, 0.05) is 12.4 Å². The van der Waals surface area contributed by atoms with E-state index < -0.39 is 0 Å². The molecule has 1 aromatic rings. The van der Waals surface area contributed by atoms with Crippen molar-refractivity contribution in [2.45, 2.75) is 20.0 Å². The van der Waals surface area contributed by atoms with Crippen LogP contribution in [-0.4, -0.2) is 12.2 Å². The fourth-order valence-corrected chi connectivity index (χ4v) is 1.51. The maximum atomic E-state index is 11.8. The molecule has 4 nitrogen and oxygen atoms in total. The molecule has 16 heavy (non-hydrogen) atoms. The highest BCUT2D eigenvalue weighted by Crippen LogP contribution is 2.29. The van der Waals surface area contributed by atoms with E-state index in [4.69, 9.17) is 4.74 Å².